The normalized spacial score (nSPS) is 11.8. The number of hydrogen-bond acceptors (Lipinski definition) is 7. The van der Waals surface area contributed by atoms with E-state index in [9.17, 15) is 10.0 Å². The van der Waals surface area contributed by atoms with E-state index >= 15 is 0 Å². The molecule has 12 aromatic rings. The van der Waals surface area contributed by atoms with Crippen molar-refractivity contribution in [2.75, 3.05) is 47.8 Å². The fraction of sp³-hybridized carbons (Fsp3) is 0.189. The molecule has 8 nitrogen and oxygen atoms in total. The molecule has 2 aliphatic heterocycles. The Morgan fingerprint density at radius 3 is 0.709 bits per heavy atom. The summed E-state index contributed by atoms with van der Waals surface area (Å²) in [6, 6.07) is 124. The summed E-state index contributed by atoms with van der Waals surface area (Å²) >= 11 is 3.58. The predicted octanol–water partition coefficient (Wildman–Crippen LogP) is 12.8. The summed E-state index contributed by atoms with van der Waals surface area (Å²) in [4.78, 5) is 0. The minimum absolute atomic E-state index is 0. The first-order valence-corrected chi connectivity index (χ1v) is 35.2. The van der Waals surface area contributed by atoms with Crippen LogP contribution in [0.2, 0.25) is 0 Å². The maximum atomic E-state index is 9.52. The van der Waals surface area contributed by atoms with Crippen LogP contribution >= 0.6 is 15.9 Å². The molecule has 0 atom stereocenters. The van der Waals surface area contributed by atoms with Crippen molar-refractivity contribution >= 4 is 35.8 Å². The third-order valence-electron chi connectivity index (χ3n) is 17.5. The molecular formula is C90H95B2BrLi2O8. The van der Waals surface area contributed by atoms with Crippen LogP contribution in [0, 0.1) is 13.0 Å². The Balaban J connectivity index is 0.000000240. The van der Waals surface area contributed by atoms with E-state index in [0.717, 1.165) is 59.6 Å². The summed E-state index contributed by atoms with van der Waals surface area (Å²) in [7, 11) is 2.54. The zero-order valence-electron chi connectivity index (χ0n) is 60.7. The average molecular weight is 1420 g/mol. The van der Waals surface area contributed by atoms with Crippen LogP contribution in [-0.2, 0) is 39.7 Å². The molecule has 0 saturated carbocycles. The van der Waals surface area contributed by atoms with Gasteiger partial charge in [0.1, 0.15) is 0 Å². The molecule has 0 radical (unpaired) electrons. The van der Waals surface area contributed by atoms with Crippen LogP contribution < -0.4 is 43.2 Å². The van der Waals surface area contributed by atoms with E-state index in [1.165, 1.54) is 97.9 Å². The molecule has 2 heterocycles. The summed E-state index contributed by atoms with van der Waals surface area (Å²) in [6.07, 6.45) is 7.39. The number of unbranched alkanes of at least 4 members (excludes halogenated alkanes) is 1. The standard InChI is InChI=1S/C25H21BO2.C25H19Br.C25H19.2C4H8O.C4H9.C3H9BO3.2Li.H2O/c27-26(28)24-18-16-23(17-19-24)25(20-10-4-1-5-11-20,21-12-6-2-7-13-21)22-14-8-3-9-15-22;26-24-18-16-23(17-19-24)25(20-10-4-1-5-11-20,21-12-6-2-7-13-21)22-14-8-3-9-15-22;1-5-13-21(14-6-1)25(22-15-7-2-8-16-22,23-17-9-3-10-18-23)24-19-11-4-12-20-24;2*1-2-4-5-3-1;1-3-4-2;1-5-4(6-2)7-3;;;/h1-19,27-28H;1-19H;1-3,5-20H;2*1-4H2;1,3-4H2,2H3;1-3H3;;;1H2/q;;-1;;;-1;;2*+1;. The van der Waals surface area contributed by atoms with Gasteiger partial charge < -0.3 is 45.9 Å². The van der Waals surface area contributed by atoms with Crippen molar-refractivity contribution in [2.24, 2.45) is 0 Å². The molecule has 0 bridgehead atoms. The number of benzene rings is 12. The van der Waals surface area contributed by atoms with Crippen molar-refractivity contribution in [1.82, 2.24) is 0 Å². The average Bonchev–Trinajstić information content (AvgIpc) is 0.903. The van der Waals surface area contributed by atoms with E-state index in [0.29, 0.717) is 5.46 Å². The van der Waals surface area contributed by atoms with Crippen LogP contribution in [0.25, 0.3) is 0 Å². The molecule has 13 heteroatoms. The van der Waals surface area contributed by atoms with Crippen LogP contribution in [0.5, 0.6) is 0 Å². The molecule has 0 aromatic heterocycles. The second-order valence-corrected chi connectivity index (χ2v) is 24.7. The second-order valence-electron chi connectivity index (χ2n) is 23.8. The number of hydrogen-bond donors (Lipinski definition) is 2. The first-order chi connectivity index (χ1) is 49.2. The van der Waals surface area contributed by atoms with E-state index < -0.39 is 19.9 Å². The van der Waals surface area contributed by atoms with Gasteiger partial charge in [-0.15, -0.1) is 5.56 Å². The summed E-state index contributed by atoms with van der Waals surface area (Å²) in [5.41, 5.74) is 13.9. The molecule has 518 valence electrons. The second kappa shape index (κ2) is 47.5. The topological polar surface area (TPSA) is 118 Å². The van der Waals surface area contributed by atoms with Gasteiger partial charge >= 0.3 is 52.2 Å². The van der Waals surface area contributed by atoms with Crippen molar-refractivity contribution in [3.63, 3.8) is 0 Å². The molecule has 0 unspecified atom stereocenters. The summed E-state index contributed by atoms with van der Waals surface area (Å²) in [5, 5.41) is 19.0. The molecule has 4 N–H and O–H groups in total. The Morgan fingerprint density at radius 1 is 0.350 bits per heavy atom. The van der Waals surface area contributed by atoms with Gasteiger partial charge in [-0.05, 0) is 104 Å². The van der Waals surface area contributed by atoms with Crippen molar-refractivity contribution in [1.29, 1.82) is 0 Å². The maximum absolute atomic E-state index is 9.52. The maximum Gasteiger partial charge on any atom is 1.00 e. The molecule has 14 rings (SSSR count). The van der Waals surface area contributed by atoms with Crippen molar-refractivity contribution in [3.8, 4) is 0 Å². The minimum atomic E-state index is -1.48. The SMILES string of the molecule is Brc1ccc(C(c2ccccc2)(c2ccccc2)c2ccccc2)cc1.C1CCOC1.C1CCOC1.COB(OC)OC.O.OB(O)c1ccc(C(c2ccccc2)(c2ccccc2)c2ccccc2)cc1.[CH2-]CCC.[Li+].[Li+].[c-]1ccc(C(c2ccccc2)(c2ccccc2)c2ccccc2)cc1. The van der Waals surface area contributed by atoms with E-state index in [2.05, 4.69) is 341 Å². The zero-order chi connectivity index (χ0) is 70.4. The van der Waals surface area contributed by atoms with Gasteiger partial charge in [0.25, 0.3) is 0 Å². The molecule has 0 amide bonds. The van der Waals surface area contributed by atoms with Crippen LogP contribution in [0.4, 0.5) is 0 Å². The molecular weight excluding hydrogens is 1320 g/mol. The first-order valence-electron chi connectivity index (χ1n) is 34.4. The van der Waals surface area contributed by atoms with Gasteiger partial charge in [0, 0.05) is 57.6 Å². The quantitative estimate of drug-likeness (QED) is 0.0530. The van der Waals surface area contributed by atoms with Crippen molar-refractivity contribution in [3.05, 3.63) is 430 Å². The van der Waals surface area contributed by atoms with Gasteiger partial charge in [-0.3, -0.25) is 0 Å². The van der Waals surface area contributed by atoms with E-state index in [1.54, 1.807) is 12.1 Å². The van der Waals surface area contributed by atoms with Crippen molar-refractivity contribution < 1.29 is 76.7 Å². The summed E-state index contributed by atoms with van der Waals surface area (Å²) in [5.74, 6) is 0. The largest absolute Gasteiger partial charge is 1.00 e. The Labute approximate surface area is 647 Å². The number of rotatable bonds is 17. The van der Waals surface area contributed by atoms with Gasteiger partial charge in [0.15, 0.2) is 0 Å². The van der Waals surface area contributed by atoms with E-state index in [1.807, 2.05) is 42.5 Å². The molecule has 2 saturated heterocycles. The molecule has 0 spiro atoms. The van der Waals surface area contributed by atoms with E-state index in [4.69, 9.17) is 9.47 Å². The van der Waals surface area contributed by atoms with Gasteiger partial charge in [-0.25, -0.2) is 0 Å². The monoisotopic (exact) mass is 1420 g/mol. The van der Waals surface area contributed by atoms with Crippen LogP contribution in [0.3, 0.4) is 0 Å². The molecule has 2 fully saturated rings. The van der Waals surface area contributed by atoms with Gasteiger partial charge in [-0.2, -0.15) is 36.8 Å². The first kappa shape index (κ1) is 85.8. The Kier molecular flexibility index (Phi) is 39.5. The fourth-order valence-electron chi connectivity index (χ4n) is 12.7. The number of halogens is 1. The molecule has 0 aliphatic carbocycles. The zero-order valence-corrected chi connectivity index (χ0v) is 62.2. The van der Waals surface area contributed by atoms with Gasteiger partial charge in [-0.1, -0.05) is 339 Å². The number of ether oxygens (including phenoxy) is 2. The molecule has 2 aliphatic rings. The van der Waals surface area contributed by atoms with Crippen LogP contribution in [0.15, 0.2) is 350 Å². The summed E-state index contributed by atoms with van der Waals surface area (Å²) in [6.45, 7) is 9.72. The predicted molar refractivity (Wildman–Crippen MR) is 421 cm³/mol. The third-order valence-corrected chi connectivity index (χ3v) is 18.0. The Hall–Kier alpha value is -7.88. The molecule has 12 aromatic carbocycles. The van der Waals surface area contributed by atoms with Gasteiger partial charge in [0.2, 0.25) is 0 Å². The van der Waals surface area contributed by atoms with Crippen LogP contribution in [0.1, 0.15) is 112 Å². The van der Waals surface area contributed by atoms with Crippen molar-refractivity contribution in [2.45, 2.75) is 61.7 Å². The van der Waals surface area contributed by atoms with E-state index in [-0.39, 0.29) is 54.0 Å². The summed E-state index contributed by atoms with van der Waals surface area (Å²) < 4.78 is 24.8. The van der Waals surface area contributed by atoms with Gasteiger partial charge in [0.05, 0.1) is 10.8 Å². The Morgan fingerprint density at radius 2 is 0.544 bits per heavy atom. The smallest absolute Gasteiger partial charge is 0.423 e. The van der Waals surface area contributed by atoms with Crippen LogP contribution in [-0.4, -0.2) is 77.7 Å². The molecule has 103 heavy (non-hydrogen) atoms. The minimum Gasteiger partial charge on any atom is -0.423 e. The Bertz CT molecular complexity index is 3680. The third kappa shape index (κ3) is 23.3. The fourth-order valence-corrected chi connectivity index (χ4v) is 13.0.